The molecule has 14 nitrogen and oxygen atoms in total. The van der Waals surface area contributed by atoms with E-state index in [9.17, 15) is 14.5 Å². The fourth-order valence-electron chi connectivity index (χ4n) is 4.14. The van der Waals surface area contributed by atoms with Crippen molar-refractivity contribution in [2.24, 2.45) is 0 Å². The maximum absolute atomic E-state index is 16.0. The van der Waals surface area contributed by atoms with Gasteiger partial charge in [-0.05, 0) is 39.8 Å². The number of para-hydroxylation sites is 1. The van der Waals surface area contributed by atoms with Crippen molar-refractivity contribution in [3.8, 4) is 5.75 Å². The second-order valence-electron chi connectivity index (χ2n) is 9.66. The van der Waals surface area contributed by atoms with Crippen LogP contribution in [-0.4, -0.2) is 74.3 Å². The number of esters is 1. The molecule has 0 radical (unpaired) electrons. The minimum atomic E-state index is -4.28. The lowest BCUT2D eigenvalue weighted by molar-refractivity contribution is -0.149. The van der Waals surface area contributed by atoms with Crippen LogP contribution in [-0.2, 0) is 23.4 Å². The number of aromatic nitrogens is 4. The van der Waals surface area contributed by atoms with E-state index in [1.165, 1.54) is 17.8 Å². The fraction of sp³-hybridized carbons (Fsp3) is 0.500. The zero-order chi connectivity index (χ0) is 29.2. The van der Waals surface area contributed by atoms with Gasteiger partial charge in [0.25, 0.3) is 0 Å². The van der Waals surface area contributed by atoms with E-state index in [1.807, 2.05) is 0 Å². The number of fused-ring (bicyclic) bond motifs is 1. The molecule has 1 fully saturated rings. The number of hydrogen-bond donors (Lipinski definition) is 4. The van der Waals surface area contributed by atoms with Gasteiger partial charge in [-0.3, -0.25) is 13.9 Å². The van der Waals surface area contributed by atoms with Gasteiger partial charge in [0, 0.05) is 7.05 Å². The average Bonchev–Trinajstić information content (AvgIpc) is 3.40. The van der Waals surface area contributed by atoms with Crippen LogP contribution in [0.25, 0.3) is 11.2 Å². The number of carbonyl (C=O) groups is 1. The highest BCUT2D eigenvalue weighted by atomic mass is 31.2. The molecular formula is C24H33FN7O7P. The molecule has 5 N–H and O–H groups in total. The van der Waals surface area contributed by atoms with E-state index in [0.29, 0.717) is 11.3 Å². The van der Waals surface area contributed by atoms with Gasteiger partial charge in [0.05, 0.1) is 19.0 Å². The van der Waals surface area contributed by atoms with Crippen LogP contribution in [0.2, 0.25) is 0 Å². The minimum absolute atomic E-state index is 0.0761. The molecule has 3 heterocycles. The van der Waals surface area contributed by atoms with Crippen molar-refractivity contribution in [2.45, 2.75) is 63.9 Å². The Morgan fingerprint density at radius 2 is 2.00 bits per heavy atom. The number of nitrogens with zero attached hydrogens (tertiary/aromatic N) is 4. The molecule has 0 bridgehead atoms. The van der Waals surface area contributed by atoms with Crippen molar-refractivity contribution in [3.63, 3.8) is 0 Å². The predicted octanol–water partition coefficient (Wildman–Crippen LogP) is 2.57. The molecule has 6 atom stereocenters. The Balaban J connectivity index is 1.56. The van der Waals surface area contributed by atoms with E-state index < -0.39 is 56.6 Å². The summed E-state index contributed by atoms with van der Waals surface area (Å²) < 4.78 is 53.2. The number of nitrogens with two attached hydrogens (primary N) is 1. The second-order valence-corrected chi connectivity index (χ2v) is 11.4. The zero-order valence-electron chi connectivity index (χ0n) is 22.6. The van der Waals surface area contributed by atoms with Crippen molar-refractivity contribution >= 4 is 36.6 Å². The summed E-state index contributed by atoms with van der Waals surface area (Å²) in [5.74, 6) is -0.243. The van der Waals surface area contributed by atoms with Gasteiger partial charge in [-0.1, -0.05) is 18.2 Å². The first kappa shape index (κ1) is 29.6. The van der Waals surface area contributed by atoms with Gasteiger partial charge in [-0.15, -0.1) is 0 Å². The third-order valence-electron chi connectivity index (χ3n) is 6.08. The molecule has 1 aliphatic heterocycles. The Hall–Kier alpha value is -3.36. The third kappa shape index (κ3) is 6.18. The van der Waals surface area contributed by atoms with Gasteiger partial charge < -0.3 is 30.2 Å². The largest absolute Gasteiger partial charge is 0.462 e. The van der Waals surface area contributed by atoms with Crippen molar-refractivity contribution < 1.29 is 37.4 Å². The number of rotatable bonds is 11. The molecule has 0 spiro atoms. The quantitative estimate of drug-likeness (QED) is 0.191. The van der Waals surface area contributed by atoms with Crippen LogP contribution in [0.1, 0.15) is 33.9 Å². The molecular weight excluding hydrogens is 548 g/mol. The number of nitrogens with one attached hydrogen (secondary N) is 2. The number of benzene rings is 1. The Labute approximate surface area is 230 Å². The number of carbonyl (C=O) groups excluding carboxylic acids is 1. The lowest BCUT2D eigenvalue weighted by Crippen LogP contribution is -2.41. The summed E-state index contributed by atoms with van der Waals surface area (Å²) in [5, 5.41) is 16.2. The molecule has 0 saturated carbocycles. The summed E-state index contributed by atoms with van der Waals surface area (Å²) >= 11 is 0. The number of halogens is 1. The summed E-state index contributed by atoms with van der Waals surface area (Å²) in [6.45, 7) is 5.37. The van der Waals surface area contributed by atoms with Crippen LogP contribution in [0.4, 0.5) is 16.2 Å². The van der Waals surface area contributed by atoms with E-state index in [2.05, 4.69) is 25.4 Å². The number of nitrogen functional groups attached to an aromatic ring is 1. The van der Waals surface area contributed by atoms with Crippen LogP contribution in [0.15, 0.2) is 36.7 Å². The number of imidazole rings is 1. The summed E-state index contributed by atoms with van der Waals surface area (Å²) in [7, 11) is -2.66. The standard InChI is InChI=1S/C24H33FN7O7P/c1-13(2)37-21(34)14(3)31-40(35,39-15-9-7-6-8-10-15)36-11-16-18(33)24(4,25)22(38-16)32-12-28-17-19(27-5)29-23(26)30-20(17)32/h6-10,12-14,16,18,22,33H,11H2,1-5H3,(H,31,35)(H3,26,27,29,30)/t14-,16-,18-,22?,24-,40+/m1/s1. The molecule has 0 amide bonds. The Morgan fingerprint density at radius 1 is 1.30 bits per heavy atom. The normalized spacial score (nSPS) is 25.1. The molecule has 1 aromatic carbocycles. The van der Waals surface area contributed by atoms with E-state index in [4.69, 9.17) is 24.3 Å². The van der Waals surface area contributed by atoms with Gasteiger partial charge in [0.1, 0.15) is 24.0 Å². The first-order chi connectivity index (χ1) is 18.8. The summed E-state index contributed by atoms with van der Waals surface area (Å²) in [4.78, 5) is 24.8. The highest BCUT2D eigenvalue weighted by molar-refractivity contribution is 7.52. The van der Waals surface area contributed by atoms with Crippen LogP contribution in [0.3, 0.4) is 0 Å². The molecule has 1 aliphatic rings. The summed E-state index contributed by atoms with van der Waals surface area (Å²) in [6, 6.07) is 7.05. The molecule has 218 valence electrons. The Kier molecular flexibility index (Phi) is 8.61. The van der Waals surface area contributed by atoms with Gasteiger partial charge in [-0.2, -0.15) is 15.1 Å². The molecule has 40 heavy (non-hydrogen) atoms. The second kappa shape index (κ2) is 11.6. The van der Waals surface area contributed by atoms with Gasteiger partial charge in [-0.25, -0.2) is 13.9 Å². The smallest absolute Gasteiger partial charge is 0.459 e. The fourth-order valence-corrected chi connectivity index (χ4v) is 5.64. The average molecular weight is 582 g/mol. The molecule has 1 saturated heterocycles. The zero-order valence-corrected chi connectivity index (χ0v) is 23.5. The van der Waals surface area contributed by atoms with E-state index in [-0.39, 0.29) is 17.3 Å². The van der Waals surface area contributed by atoms with E-state index >= 15 is 4.39 Å². The van der Waals surface area contributed by atoms with E-state index in [0.717, 1.165) is 6.92 Å². The van der Waals surface area contributed by atoms with Crippen molar-refractivity contribution in [3.05, 3.63) is 36.7 Å². The lowest BCUT2D eigenvalue weighted by Gasteiger charge is -2.25. The lowest BCUT2D eigenvalue weighted by atomic mass is 9.98. The van der Waals surface area contributed by atoms with Crippen LogP contribution < -0.4 is 20.7 Å². The topological polar surface area (TPSA) is 185 Å². The number of alkyl halides is 1. The summed E-state index contributed by atoms with van der Waals surface area (Å²) in [5.41, 5.74) is 3.94. The monoisotopic (exact) mass is 581 g/mol. The number of hydrogen-bond acceptors (Lipinski definition) is 12. The van der Waals surface area contributed by atoms with Crippen LogP contribution in [0, 0.1) is 0 Å². The first-order valence-corrected chi connectivity index (χ1v) is 14.1. The molecule has 16 heteroatoms. The maximum atomic E-state index is 16.0. The van der Waals surface area contributed by atoms with Crippen molar-refractivity contribution in [2.75, 3.05) is 24.7 Å². The SMILES string of the molecule is CNc1nc(N)nc2c1ncn2C1O[C@H](CO[P@@](=O)(N[C@H](C)C(=O)OC(C)C)Oc2ccccc2)[C@@H](O)[C@@]1(C)F. The maximum Gasteiger partial charge on any atom is 0.459 e. The number of anilines is 2. The van der Waals surface area contributed by atoms with Crippen LogP contribution >= 0.6 is 7.75 Å². The molecule has 3 aromatic rings. The Bertz CT molecular complexity index is 1390. The van der Waals surface area contributed by atoms with Gasteiger partial charge in [0.15, 0.2) is 28.9 Å². The van der Waals surface area contributed by atoms with Gasteiger partial charge in [0.2, 0.25) is 5.95 Å². The van der Waals surface area contributed by atoms with Gasteiger partial charge >= 0.3 is 13.7 Å². The Morgan fingerprint density at radius 3 is 2.65 bits per heavy atom. The number of aliphatic hydroxyl groups is 1. The highest BCUT2D eigenvalue weighted by Gasteiger charge is 2.56. The van der Waals surface area contributed by atoms with Crippen LogP contribution in [0.5, 0.6) is 5.75 Å². The van der Waals surface area contributed by atoms with E-state index in [1.54, 1.807) is 51.2 Å². The number of ether oxygens (including phenoxy) is 2. The molecule has 4 rings (SSSR count). The van der Waals surface area contributed by atoms with Crippen molar-refractivity contribution in [1.82, 2.24) is 24.6 Å². The molecule has 2 aromatic heterocycles. The molecule has 1 unspecified atom stereocenters. The predicted molar refractivity (Wildman–Crippen MR) is 143 cm³/mol. The minimum Gasteiger partial charge on any atom is -0.462 e. The molecule has 0 aliphatic carbocycles. The first-order valence-electron chi connectivity index (χ1n) is 12.5. The third-order valence-corrected chi connectivity index (χ3v) is 7.72. The number of aliphatic hydroxyl groups excluding tert-OH is 1. The summed E-state index contributed by atoms with van der Waals surface area (Å²) in [6.07, 6.45) is -3.52. The van der Waals surface area contributed by atoms with Crippen molar-refractivity contribution in [1.29, 1.82) is 0 Å². The highest BCUT2D eigenvalue weighted by Crippen LogP contribution is 2.48.